The van der Waals surface area contributed by atoms with Gasteiger partial charge in [0.25, 0.3) is 0 Å². The van der Waals surface area contributed by atoms with E-state index >= 15 is 0 Å². The molecule has 0 amide bonds. The quantitative estimate of drug-likeness (QED) is 0.756. The van der Waals surface area contributed by atoms with Gasteiger partial charge in [0.15, 0.2) is 0 Å². The zero-order chi connectivity index (χ0) is 18.0. The topological polar surface area (TPSA) is 72.7 Å². The van der Waals surface area contributed by atoms with Crippen LogP contribution < -0.4 is 9.80 Å². The summed E-state index contributed by atoms with van der Waals surface area (Å²) in [6.45, 7) is 1.83. The smallest absolute Gasteiger partial charge is 0.138 e. The van der Waals surface area contributed by atoms with Gasteiger partial charge in [0.2, 0.25) is 0 Å². The van der Waals surface area contributed by atoms with Crippen LogP contribution in [-0.4, -0.2) is 34.3 Å². The lowest BCUT2D eigenvalue weighted by Crippen LogP contribution is -2.16. The molecule has 0 spiro atoms. The van der Waals surface area contributed by atoms with Gasteiger partial charge in [0, 0.05) is 43.7 Å². The third-order valence-corrected chi connectivity index (χ3v) is 3.93. The van der Waals surface area contributed by atoms with Gasteiger partial charge in [-0.25, -0.2) is 9.97 Å². The first-order valence-corrected chi connectivity index (χ1v) is 7.85. The molecule has 2 N–H and O–H groups in total. The fourth-order valence-electron chi connectivity index (χ4n) is 2.55. The predicted molar refractivity (Wildman–Crippen MR) is 99.1 cm³/mol. The van der Waals surface area contributed by atoms with Gasteiger partial charge in [0.05, 0.1) is 0 Å². The molecule has 0 unspecified atom stereocenters. The summed E-state index contributed by atoms with van der Waals surface area (Å²) in [5.74, 6) is 2.45. The van der Waals surface area contributed by atoms with Crippen molar-refractivity contribution in [1.82, 2.24) is 9.97 Å². The van der Waals surface area contributed by atoms with Gasteiger partial charge in [-0.1, -0.05) is 12.1 Å². The normalized spacial score (nSPS) is 10.5. The van der Waals surface area contributed by atoms with Crippen LogP contribution in [0.15, 0.2) is 54.6 Å². The van der Waals surface area contributed by atoms with Crippen LogP contribution in [0, 0.1) is 6.92 Å². The van der Waals surface area contributed by atoms with Crippen LogP contribution in [0.2, 0.25) is 0 Å². The Bertz CT molecular complexity index is 828. The van der Waals surface area contributed by atoms with Crippen LogP contribution in [0.3, 0.4) is 0 Å². The molecule has 0 bridgehead atoms. The van der Waals surface area contributed by atoms with Gasteiger partial charge in [-0.05, 0) is 31.2 Å². The molecule has 6 nitrogen and oxygen atoms in total. The molecule has 0 aliphatic heterocycles. The van der Waals surface area contributed by atoms with Crippen molar-refractivity contribution in [3.05, 3.63) is 60.4 Å². The Kier molecular flexibility index (Phi) is 4.43. The summed E-state index contributed by atoms with van der Waals surface area (Å²) in [6, 6.07) is 15.8. The van der Waals surface area contributed by atoms with E-state index in [1.165, 1.54) is 0 Å². The molecule has 3 aromatic rings. The number of phenolic OH excluding ortho intramolecular Hbond substituents is 2. The first kappa shape index (κ1) is 16.6. The molecule has 0 saturated carbocycles. The SMILES string of the molecule is Cc1nc(N(C)c2cccc(O)c2)cc(N(C)c2cccc(O)c2)n1. The minimum atomic E-state index is 0.201. The number of hydrogen-bond donors (Lipinski definition) is 2. The van der Waals surface area contributed by atoms with E-state index in [-0.39, 0.29) is 11.5 Å². The Morgan fingerprint density at radius 3 is 1.56 bits per heavy atom. The van der Waals surface area contributed by atoms with Gasteiger partial charge in [-0.2, -0.15) is 0 Å². The molecule has 0 fully saturated rings. The fourth-order valence-corrected chi connectivity index (χ4v) is 2.55. The van der Waals surface area contributed by atoms with Crippen molar-refractivity contribution < 1.29 is 10.2 Å². The van der Waals surface area contributed by atoms with Crippen molar-refractivity contribution in [2.45, 2.75) is 6.92 Å². The van der Waals surface area contributed by atoms with E-state index < -0.39 is 0 Å². The van der Waals surface area contributed by atoms with Crippen LogP contribution in [0.5, 0.6) is 11.5 Å². The molecule has 2 aromatic carbocycles. The minimum absolute atomic E-state index is 0.201. The van der Waals surface area contributed by atoms with Crippen molar-refractivity contribution in [2.75, 3.05) is 23.9 Å². The van der Waals surface area contributed by atoms with Crippen LogP contribution in [-0.2, 0) is 0 Å². The average Bonchev–Trinajstić information content (AvgIpc) is 2.60. The first-order chi connectivity index (χ1) is 11.9. The molecule has 25 heavy (non-hydrogen) atoms. The zero-order valence-electron chi connectivity index (χ0n) is 14.4. The number of aryl methyl sites for hydroxylation is 1. The second-order valence-corrected chi connectivity index (χ2v) is 5.79. The summed E-state index contributed by atoms with van der Waals surface area (Å²) in [6.07, 6.45) is 0. The van der Waals surface area contributed by atoms with E-state index in [1.807, 2.05) is 49.0 Å². The van der Waals surface area contributed by atoms with Gasteiger partial charge >= 0.3 is 0 Å². The van der Waals surface area contributed by atoms with E-state index in [0.717, 1.165) is 11.4 Å². The number of aromatic nitrogens is 2. The number of nitrogens with zero attached hydrogens (tertiary/aromatic N) is 4. The van der Waals surface area contributed by atoms with Crippen LogP contribution >= 0.6 is 0 Å². The third kappa shape index (κ3) is 3.63. The molecular formula is C19H20N4O2. The Morgan fingerprint density at radius 1 is 0.720 bits per heavy atom. The van der Waals surface area contributed by atoms with E-state index in [4.69, 9.17) is 0 Å². The van der Waals surface area contributed by atoms with Gasteiger partial charge in [-0.15, -0.1) is 0 Å². The Balaban J connectivity index is 1.98. The Labute approximate surface area is 146 Å². The lowest BCUT2D eigenvalue weighted by molar-refractivity contribution is 0.475. The van der Waals surface area contributed by atoms with E-state index in [0.29, 0.717) is 17.5 Å². The second-order valence-electron chi connectivity index (χ2n) is 5.79. The Morgan fingerprint density at radius 2 is 1.16 bits per heavy atom. The third-order valence-electron chi connectivity index (χ3n) is 3.93. The lowest BCUT2D eigenvalue weighted by atomic mass is 10.2. The van der Waals surface area contributed by atoms with Crippen molar-refractivity contribution >= 4 is 23.0 Å². The second kappa shape index (κ2) is 6.68. The molecule has 3 rings (SSSR count). The van der Waals surface area contributed by atoms with Crippen LogP contribution in [0.25, 0.3) is 0 Å². The Hall–Kier alpha value is -3.28. The van der Waals surface area contributed by atoms with Gasteiger partial charge in [-0.3, -0.25) is 0 Å². The van der Waals surface area contributed by atoms with Gasteiger partial charge in [0.1, 0.15) is 29.0 Å². The summed E-state index contributed by atoms with van der Waals surface area (Å²) >= 11 is 0. The molecule has 0 atom stereocenters. The average molecular weight is 336 g/mol. The number of phenols is 2. The van der Waals surface area contributed by atoms with Crippen molar-refractivity contribution in [3.63, 3.8) is 0 Å². The highest BCUT2D eigenvalue weighted by atomic mass is 16.3. The van der Waals surface area contributed by atoms with Crippen LogP contribution in [0.1, 0.15) is 5.82 Å². The molecule has 128 valence electrons. The van der Waals surface area contributed by atoms with E-state index in [2.05, 4.69) is 9.97 Å². The molecule has 1 heterocycles. The number of aromatic hydroxyl groups is 2. The first-order valence-electron chi connectivity index (χ1n) is 7.85. The van der Waals surface area contributed by atoms with Gasteiger partial charge < -0.3 is 20.0 Å². The van der Waals surface area contributed by atoms with Crippen molar-refractivity contribution in [2.24, 2.45) is 0 Å². The molecule has 0 saturated heterocycles. The molecule has 0 radical (unpaired) electrons. The molecule has 6 heteroatoms. The largest absolute Gasteiger partial charge is 0.508 e. The highest BCUT2D eigenvalue weighted by Crippen LogP contribution is 2.30. The predicted octanol–water partition coefficient (Wildman–Crippen LogP) is 3.73. The molecule has 0 aliphatic carbocycles. The lowest BCUT2D eigenvalue weighted by Gasteiger charge is -2.23. The summed E-state index contributed by atoms with van der Waals surface area (Å²) < 4.78 is 0. The molecule has 1 aromatic heterocycles. The zero-order valence-corrected chi connectivity index (χ0v) is 14.4. The standard InChI is InChI=1S/C19H20N4O2/c1-13-20-18(22(2)14-6-4-8-16(24)10-14)12-19(21-13)23(3)15-7-5-9-17(25)11-15/h4-12,24-25H,1-3H3. The molecular weight excluding hydrogens is 316 g/mol. The number of rotatable bonds is 4. The minimum Gasteiger partial charge on any atom is -0.508 e. The maximum atomic E-state index is 9.69. The van der Waals surface area contributed by atoms with Crippen LogP contribution in [0.4, 0.5) is 23.0 Å². The maximum absolute atomic E-state index is 9.69. The van der Waals surface area contributed by atoms with Crippen molar-refractivity contribution in [1.29, 1.82) is 0 Å². The molecule has 0 aliphatic rings. The number of benzene rings is 2. The number of hydrogen-bond acceptors (Lipinski definition) is 6. The van der Waals surface area contributed by atoms with E-state index in [1.54, 1.807) is 36.4 Å². The summed E-state index contributed by atoms with van der Waals surface area (Å²) in [5, 5.41) is 19.4. The summed E-state index contributed by atoms with van der Waals surface area (Å²) in [7, 11) is 3.77. The highest BCUT2D eigenvalue weighted by molar-refractivity contribution is 5.67. The summed E-state index contributed by atoms with van der Waals surface area (Å²) in [4.78, 5) is 12.7. The number of anilines is 4. The monoisotopic (exact) mass is 336 g/mol. The van der Waals surface area contributed by atoms with Crippen molar-refractivity contribution in [3.8, 4) is 11.5 Å². The summed E-state index contributed by atoms with van der Waals surface area (Å²) in [5.41, 5.74) is 1.65. The highest BCUT2D eigenvalue weighted by Gasteiger charge is 2.13. The maximum Gasteiger partial charge on any atom is 0.138 e. The fraction of sp³-hybridized carbons (Fsp3) is 0.158. The van der Waals surface area contributed by atoms with E-state index in [9.17, 15) is 10.2 Å².